The van der Waals surface area contributed by atoms with Crippen molar-refractivity contribution in [1.82, 2.24) is 0 Å². The standard InChI is InChI=1S/C18H16F3NO2/c1-10-7-15-14(9-17(23)22-16(15)8-11(10)2)12-3-5-13(6-4-12)24-18(19,20)21/h3-8,14H,9H2,1-2H3,(H,22,23). The normalized spacial score (nSPS) is 17.2. The van der Waals surface area contributed by atoms with Gasteiger partial charge in [-0.2, -0.15) is 0 Å². The summed E-state index contributed by atoms with van der Waals surface area (Å²) in [5.41, 5.74) is 4.69. The van der Waals surface area contributed by atoms with Gasteiger partial charge in [0.25, 0.3) is 0 Å². The van der Waals surface area contributed by atoms with E-state index in [1.54, 1.807) is 12.1 Å². The summed E-state index contributed by atoms with van der Waals surface area (Å²) in [6.45, 7) is 3.96. The Balaban J connectivity index is 1.95. The zero-order valence-electron chi connectivity index (χ0n) is 13.2. The minimum absolute atomic E-state index is 0.105. The summed E-state index contributed by atoms with van der Waals surface area (Å²) in [7, 11) is 0. The second-order valence-electron chi connectivity index (χ2n) is 5.95. The highest BCUT2D eigenvalue weighted by Gasteiger charge is 2.31. The van der Waals surface area contributed by atoms with Crippen LogP contribution in [0.3, 0.4) is 0 Å². The number of rotatable bonds is 2. The topological polar surface area (TPSA) is 38.3 Å². The van der Waals surface area contributed by atoms with Crippen molar-refractivity contribution in [3.05, 3.63) is 58.7 Å². The van der Waals surface area contributed by atoms with Gasteiger partial charge in [-0.15, -0.1) is 13.2 Å². The van der Waals surface area contributed by atoms with Crippen molar-refractivity contribution in [2.45, 2.75) is 32.5 Å². The first-order valence-electron chi connectivity index (χ1n) is 7.49. The molecule has 0 radical (unpaired) electrons. The van der Waals surface area contributed by atoms with Crippen LogP contribution in [0.25, 0.3) is 0 Å². The molecule has 0 saturated carbocycles. The van der Waals surface area contributed by atoms with Crippen LogP contribution >= 0.6 is 0 Å². The van der Waals surface area contributed by atoms with Gasteiger partial charge >= 0.3 is 6.36 Å². The lowest BCUT2D eigenvalue weighted by atomic mass is 9.83. The van der Waals surface area contributed by atoms with E-state index in [0.717, 1.165) is 27.9 Å². The number of carbonyl (C=O) groups excluding carboxylic acids is 1. The molecule has 1 unspecified atom stereocenters. The maximum atomic E-state index is 12.3. The van der Waals surface area contributed by atoms with Crippen LogP contribution < -0.4 is 10.1 Å². The second kappa shape index (κ2) is 5.85. The molecule has 0 fully saturated rings. The number of nitrogens with one attached hydrogen (secondary N) is 1. The van der Waals surface area contributed by atoms with E-state index < -0.39 is 6.36 Å². The molecule has 0 bridgehead atoms. The summed E-state index contributed by atoms with van der Waals surface area (Å²) in [4.78, 5) is 12.0. The van der Waals surface area contributed by atoms with Crippen molar-refractivity contribution in [3.63, 3.8) is 0 Å². The number of aryl methyl sites for hydroxylation is 2. The fourth-order valence-electron chi connectivity index (χ4n) is 2.93. The molecule has 24 heavy (non-hydrogen) atoms. The highest BCUT2D eigenvalue weighted by atomic mass is 19.4. The SMILES string of the molecule is Cc1cc2c(cc1C)C(c1ccc(OC(F)(F)F)cc1)CC(=O)N2. The summed E-state index contributed by atoms with van der Waals surface area (Å²) in [6.07, 6.45) is -4.46. The predicted octanol–water partition coefficient (Wildman–Crippen LogP) is 4.68. The van der Waals surface area contributed by atoms with Gasteiger partial charge in [0.1, 0.15) is 5.75 Å². The number of hydrogen-bond donors (Lipinski definition) is 1. The van der Waals surface area contributed by atoms with Crippen molar-refractivity contribution >= 4 is 11.6 Å². The molecule has 2 aromatic rings. The van der Waals surface area contributed by atoms with E-state index in [1.165, 1.54) is 12.1 Å². The Bertz CT molecular complexity index is 782. The van der Waals surface area contributed by atoms with Crippen molar-refractivity contribution in [2.24, 2.45) is 0 Å². The molecule has 1 N–H and O–H groups in total. The van der Waals surface area contributed by atoms with Gasteiger partial charge in [-0.3, -0.25) is 4.79 Å². The molecule has 3 nitrogen and oxygen atoms in total. The summed E-state index contributed by atoms with van der Waals surface area (Å²) in [5.74, 6) is -0.564. The molecule has 0 saturated heterocycles. The van der Waals surface area contributed by atoms with Crippen LogP contribution in [0.15, 0.2) is 36.4 Å². The largest absolute Gasteiger partial charge is 0.573 e. The van der Waals surface area contributed by atoms with E-state index in [2.05, 4.69) is 10.1 Å². The Morgan fingerprint density at radius 3 is 2.33 bits per heavy atom. The minimum atomic E-state index is -4.71. The zero-order chi connectivity index (χ0) is 17.5. The number of carbonyl (C=O) groups is 1. The maximum Gasteiger partial charge on any atom is 0.573 e. The molecular weight excluding hydrogens is 319 g/mol. The first-order valence-corrected chi connectivity index (χ1v) is 7.49. The van der Waals surface area contributed by atoms with Gasteiger partial charge in [-0.05, 0) is 54.3 Å². The van der Waals surface area contributed by atoms with Crippen LogP contribution in [0.5, 0.6) is 5.75 Å². The van der Waals surface area contributed by atoms with Crippen LogP contribution in [-0.2, 0) is 4.79 Å². The zero-order valence-corrected chi connectivity index (χ0v) is 13.2. The van der Waals surface area contributed by atoms with E-state index in [4.69, 9.17) is 0 Å². The van der Waals surface area contributed by atoms with Gasteiger partial charge in [0.15, 0.2) is 0 Å². The highest BCUT2D eigenvalue weighted by Crippen LogP contribution is 2.39. The molecule has 0 spiro atoms. The molecular formula is C18H16F3NO2. The molecule has 0 aliphatic carbocycles. The summed E-state index contributed by atoms with van der Waals surface area (Å²) in [5, 5.41) is 2.86. The Morgan fingerprint density at radius 1 is 1.08 bits per heavy atom. The van der Waals surface area contributed by atoms with Crippen LogP contribution in [0, 0.1) is 13.8 Å². The third-order valence-corrected chi connectivity index (χ3v) is 4.22. The van der Waals surface area contributed by atoms with Gasteiger partial charge in [0, 0.05) is 18.0 Å². The number of benzene rings is 2. The Kier molecular flexibility index (Phi) is 3.99. The molecule has 3 rings (SSSR count). The quantitative estimate of drug-likeness (QED) is 0.866. The lowest BCUT2D eigenvalue weighted by Gasteiger charge is -2.27. The fraction of sp³-hybridized carbons (Fsp3) is 0.278. The van der Waals surface area contributed by atoms with Crippen LogP contribution in [0.2, 0.25) is 0 Å². The third kappa shape index (κ3) is 3.37. The lowest BCUT2D eigenvalue weighted by Crippen LogP contribution is -2.24. The monoisotopic (exact) mass is 335 g/mol. The van der Waals surface area contributed by atoms with E-state index in [1.807, 2.05) is 26.0 Å². The maximum absolute atomic E-state index is 12.3. The third-order valence-electron chi connectivity index (χ3n) is 4.22. The minimum Gasteiger partial charge on any atom is -0.406 e. The number of fused-ring (bicyclic) bond motifs is 1. The molecule has 1 heterocycles. The highest BCUT2D eigenvalue weighted by molar-refractivity contribution is 5.95. The fourth-order valence-corrected chi connectivity index (χ4v) is 2.93. The summed E-state index contributed by atoms with van der Waals surface area (Å²) >= 11 is 0. The van der Waals surface area contributed by atoms with Crippen molar-refractivity contribution in [3.8, 4) is 5.75 Å². The Morgan fingerprint density at radius 2 is 1.71 bits per heavy atom. The Hall–Kier alpha value is -2.50. The van der Waals surface area contributed by atoms with Crippen molar-refractivity contribution in [2.75, 3.05) is 5.32 Å². The average Bonchev–Trinajstić information content (AvgIpc) is 2.47. The molecule has 0 aromatic heterocycles. The molecule has 1 amide bonds. The number of alkyl halides is 3. The molecule has 2 aromatic carbocycles. The van der Waals surface area contributed by atoms with Crippen LogP contribution in [0.1, 0.15) is 34.6 Å². The molecule has 1 aliphatic rings. The van der Waals surface area contributed by atoms with Gasteiger partial charge in [-0.1, -0.05) is 18.2 Å². The van der Waals surface area contributed by atoms with Gasteiger partial charge < -0.3 is 10.1 Å². The number of halogens is 3. The van der Waals surface area contributed by atoms with E-state index in [-0.39, 0.29) is 24.0 Å². The van der Waals surface area contributed by atoms with E-state index in [0.29, 0.717) is 0 Å². The molecule has 126 valence electrons. The lowest BCUT2D eigenvalue weighted by molar-refractivity contribution is -0.274. The van der Waals surface area contributed by atoms with E-state index in [9.17, 15) is 18.0 Å². The Labute approximate surface area is 137 Å². The number of anilines is 1. The molecule has 1 atom stereocenters. The average molecular weight is 335 g/mol. The predicted molar refractivity (Wildman–Crippen MR) is 84.1 cm³/mol. The van der Waals surface area contributed by atoms with Crippen LogP contribution in [-0.4, -0.2) is 12.3 Å². The first kappa shape index (κ1) is 16.4. The van der Waals surface area contributed by atoms with Gasteiger partial charge in [0.2, 0.25) is 5.91 Å². The van der Waals surface area contributed by atoms with Gasteiger partial charge in [-0.25, -0.2) is 0 Å². The number of amides is 1. The van der Waals surface area contributed by atoms with Crippen molar-refractivity contribution < 1.29 is 22.7 Å². The molecule has 1 aliphatic heterocycles. The smallest absolute Gasteiger partial charge is 0.406 e. The van der Waals surface area contributed by atoms with Gasteiger partial charge in [0.05, 0.1) is 0 Å². The first-order chi connectivity index (χ1) is 11.2. The van der Waals surface area contributed by atoms with Crippen LogP contribution in [0.4, 0.5) is 18.9 Å². The number of hydrogen-bond acceptors (Lipinski definition) is 2. The van der Waals surface area contributed by atoms with E-state index >= 15 is 0 Å². The van der Waals surface area contributed by atoms with Crippen molar-refractivity contribution in [1.29, 1.82) is 0 Å². The molecule has 6 heteroatoms. The second-order valence-corrected chi connectivity index (χ2v) is 5.95. The summed E-state index contributed by atoms with van der Waals surface area (Å²) < 4.78 is 40.6. The summed E-state index contributed by atoms with van der Waals surface area (Å²) in [6, 6.07) is 9.64. The number of ether oxygens (including phenoxy) is 1.